The van der Waals surface area contributed by atoms with Crippen molar-refractivity contribution in [3.8, 4) is 6.07 Å². The van der Waals surface area contributed by atoms with Gasteiger partial charge in [-0.25, -0.2) is 4.98 Å². The van der Waals surface area contributed by atoms with Crippen molar-refractivity contribution >= 4 is 17.4 Å². The molecule has 1 aromatic heterocycles. The zero-order chi connectivity index (χ0) is 13.8. The summed E-state index contributed by atoms with van der Waals surface area (Å²) >= 11 is 0. The maximum atomic E-state index is 11.0. The van der Waals surface area contributed by atoms with Crippen LogP contribution in [0.5, 0.6) is 0 Å². The fraction of sp³-hybridized carbons (Fsp3) is 0.462. The summed E-state index contributed by atoms with van der Waals surface area (Å²) in [6.45, 7) is 3.13. The normalized spacial score (nSPS) is 15.9. The number of anilines is 2. The summed E-state index contributed by atoms with van der Waals surface area (Å²) in [7, 11) is 0. The van der Waals surface area contributed by atoms with E-state index in [9.17, 15) is 4.79 Å². The zero-order valence-electron chi connectivity index (χ0n) is 10.9. The van der Waals surface area contributed by atoms with Crippen LogP contribution in [0.3, 0.4) is 0 Å². The molecule has 19 heavy (non-hydrogen) atoms. The topological polar surface area (TPSA) is 95.0 Å². The van der Waals surface area contributed by atoms with Crippen LogP contribution < -0.4 is 16.0 Å². The minimum atomic E-state index is 0.00876. The van der Waals surface area contributed by atoms with Gasteiger partial charge in [-0.3, -0.25) is 4.79 Å². The lowest BCUT2D eigenvalue weighted by molar-refractivity contribution is -0.119. The van der Waals surface area contributed by atoms with E-state index >= 15 is 0 Å². The van der Waals surface area contributed by atoms with Gasteiger partial charge in [0.15, 0.2) is 5.82 Å². The van der Waals surface area contributed by atoms with Crippen molar-refractivity contribution in [2.45, 2.75) is 25.8 Å². The standard InChI is InChI=1S/C13H17N5O/c1-9(19)17-11-2-4-18(5-3-11)13-12(15)6-10(7-14)8-16-13/h6,8,11H,2-5,15H2,1H3,(H,17,19). The average Bonchev–Trinajstić information content (AvgIpc) is 2.39. The van der Waals surface area contributed by atoms with Crippen molar-refractivity contribution in [3.05, 3.63) is 17.8 Å². The molecule has 1 amide bonds. The lowest BCUT2D eigenvalue weighted by Crippen LogP contribution is -2.44. The van der Waals surface area contributed by atoms with E-state index in [-0.39, 0.29) is 11.9 Å². The second-order valence-electron chi connectivity index (χ2n) is 4.71. The fourth-order valence-corrected chi connectivity index (χ4v) is 2.32. The van der Waals surface area contributed by atoms with Crippen LogP contribution in [0.2, 0.25) is 0 Å². The summed E-state index contributed by atoms with van der Waals surface area (Å²) in [5, 5.41) is 11.7. The number of nitriles is 1. The SMILES string of the molecule is CC(=O)NC1CCN(c2ncc(C#N)cc2N)CC1. The Morgan fingerprint density at radius 1 is 1.58 bits per heavy atom. The van der Waals surface area contributed by atoms with Gasteiger partial charge in [-0.1, -0.05) is 0 Å². The molecule has 2 rings (SSSR count). The van der Waals surface area contributed by atoms with Crippen molar-refractivity contribution in [3.63, 3.8) is 0 Å². The molecule has 100 valence electrons. The summed E-state index contributed by atoms with van der Waals surface area (Å²) in [4.78, 5) is 17.3. The van der Waals surface area contributed by atoms with Gasteiger partial charge >= 0.3 is 0 Å². The molecule has 0 saturated carbocycles. The smallest absolute Gasteiger partial charge is 0.217 e. The average molecular weight is 259 g/mol. The van der Waals surface area contributed by atoms with E-state index in [1.807, 2.05) is 6.07 Å². The Morgan fingerprint density at radius 3 is 2.79 bits per heavy atom. The highest BCUT2D eigenvalue weighted by atomic mass is 16.1. The Bertz CT molecular complexity index is 514. The third-order valence-corrected chi connectivity index (χ3v) is 3.23. The zero-order valence-corrected chi connectivity index (χ0v) is 10.9. The monoisotopic (exact) mass is 259 g/mol. The van der Waals surface area contributed by atoms with Gasteiger partial charge in [0, 0.05) is 32.3 Å². The fourth-order valence-electron chi connectivity index (χ4n) is 2.32. The molecule has 0 aromatic carbocycles. The molecule has 1 saturated heterocycles. The van der Waals surface area contributed by atoms with Crippen LogP contribution in [-0.2, 0) is 4.79 Å². The largest absolute Gasteiger partial charge is 0.396 e. The molecule has 0 radical (unpaired) electrons. The molecular weight excluding hydrogens is 242 g/mol. The number of hydrogen-bond donors (Lipinski definition) is 2. The van der Waals surface area contributed by atoms with Crippen LogP contribution >= 0.6 is 0 Å². The number of pyridine rings is 1. The molecule has 0 bridgehead atoms. The number of nitrogens with zero attached hydrogens (tertiary/aromatic N) is 3. The molecule has 6 heteroatoms. The van der Waals surface area contributed by atoms with Crippen molar-refractivity contribution in [1.82, 2.24) is 10.3 Å². The summed E-state index contributed by atoms with van der Waals surface area (Å²) in [6, 6.07) is 3.89. The van der Waals surface area contributed by atoms with E-state index in [1.165, 1.54) is 13.1 Å². The van der Waals surface area contributed by atoms with E-state index in [0.29, 0.717) is 11.3 Å². The Balaban J connectivity index is 2.02. The van der Waals surface area contributed by atoms with E-state index < -0.39 is 0 Å². The number of amides is 1. The maximum absolute atomic E-state index is 11.0. The number of hydrogen-bond acceptors (Lipinski definition) is 5. The van der Waals surface area contributed by atoms with Crippen LogP contribution in [0.1, 0.15) is 25.3 Å². The summed E-state index contributed by atoms with van der Waals surface area (Å²) in [6.07, 6.45) is 3.28. The molecule has 0 atom stereocenters. The molecular formula is C13H17N5O. The maximum Gasteiger partial charge on any atom is 0.217 e. The van der Waals surface area contributed by atoms with Gasteiger partial charge in [0.1, 0.15) is 6.07 Å². The minimum Gasteiger partial charge on any atom is -0.396 e. The molecule has 1 aliphatic rings. The van der Waals surface area contributed by atoms with Crippen molar-refractivity contribution in [2.24, 2.45) is 0 Å². The quantitative estimate of drug-likeness (QED) is 0.812. The number of nitrogens with one attached hydrogen (secondary N) is 1. The first-order chi connectivity index (χ1) is 9.10. The molecule has 0 unspecified atom stereocenters. The Labute approximate surface area is 112 Å². The highest BCUT2D eigenvalue weighted by Gasteiger charge is 2.21. The van der Waals surface area contributed by atoms with E-state index in [1.54, 1.807) is 6.07 Å². The van der Waals surface area contributed by atoms with E-state index in [0.717, 1.165) is 31.7 Å². The lowest BCUT2D eigenvalue weighted by Gasteiger charge is -2.33. The number of nitrogens with two attached hydrogens (primary N) is 1. The van der Waals surface area contributed by atoms with Gasteiger partial charge in [-0.15, -0.1) is 0 Å². The number of piperidine rings is 1. The first kappa shape index (κ1) is 13.1. The highest BCUT2D eigenvalue weighted by molar-refractivity contribution is 5.73. The van der Waals surface area contributed by atoms with Crippen LogP contribution in [0.4, 0.5) is 11.5 Å². The number of carbonyl (C=O) groups is 1. The van der Waals surface area contributed by atoms with Crippen molar-refractivity contribution < 1.29 is 4.79 Å². The van der Waals surface area contributed by atoms with Crippen LogP contribution in [0.15, 0.2) is 12.3 Å². The van der Waals surface area contributed by atoms with E-state index in [4.69, 9.17) is 11.0 Å². The van der Waals surface area contributed by atoms with Crippen LogP contribution in [0.25, 0.3) is 0 Å². The van der Waals surface area contributed by atoms with Crippen molar-refractivity contribution in [1.29, 1.82) is 5.26 Å². The third kappa shape index (κ3) is 3.13. The summed E-state index contributed by atoms with van der Waals surface area (Å²) in [5.74, 6) is 0.731. The third-order valence-electron chi connectivity index (χ3n) is 3.23. The highest BCUT2D eigenvalue weighted by Crippen LogP contribution is 2.24. The van der Waals surface area contributed by atoms with Gasteiger partial charge in [-0.2, -0.15) is 5.26 Å². The number of carbonyl (C=O) groups excluding carboxylic acids is 1. The molecule has 1 aliphatic heterocycles. The lowest BCUT2D eigenvalue weighted by atomic mass is 10.0. The van der Waals surface area contributed by atoms with Crippen LogP contribution in [-0.4, -0.2) is 30.0 Å². The van der Waals surface area contributed by atoms with Gasteiger partial charge in [0.05, 0.1) is 11.3 Å². The first-order valence-electron chi connectivity index (χ1n) is 6.28. The minimum absolute atomic E-state index is 0.00876. The Morgan fingerprint density at radius 2 is 2.26 bits per heavy atom. The predicted molar refractivity (Wildman–Crippen MR) is 72.4 cm³/mol. The number of aromatic nitrogens is 1. The molecule has 1 fully saturated rings. The van der Waals surface area contributed by atoms with Gasteiger partial charge in [0.25, 0.3) is 0 Å². The molecule has 1 aromatic rings. The molecule has 6 nitrogen and oxygen atoms in total. The molecule has 0 spiro atoms. The summed E-state index contributed by atoms with van der Waals surface area (Å²) in [5.41, 5.74) is 6.91. The van der Waals surface area contributed by atoms with Gasteiger partial charge < -0.3 is 16.0 Å². The van der Waals surface area contributed by atoms with E-state index in [2.05, 4.69) is 15.2 Å². The number of rotatable bonds is 2. The molecule has 0 aliphatic carbocycles. The van der Waals surface area contributed by atoms with Gasteiger partial charge in [-0.05, 0) is 18.9 Å². The Hall–Kier alpha value is -2.29. The predicted octanol–water partition coefficient (Wildman–Crippen LogP) is 0.640. The second-order valence-corrected chi connectivity index (χ2v) is 4.71. The molecule has 3 N–H and O–H groups in total. The molecule has 2 heterocycles. The second kappa shape index (κ2) is 5.57. The number of nitrogen functional groups attached to an aromatic ring is 1. The first-order valence-corrected chi connectivity index (χ1v) is 6.28. The van der Waals surface area contributed by atoms with Crippen molar-refractivity contribution in [2.75, 3.05) is 23.7 Å². The van der Waals surface area contributed by atoms with Crippen LogP contribution in [0, 0.1) is 11.3 Å². The van der Waals surface area contributed by atoms with Gasteiger partial charge in [0.2, 0.25) is 5.91 Å². The summed E-state index contributed by atoms with van der Waals surface area (Å²) < 4.78 is 0. The Kier molecular flexibility index (Phi) is 3.85.